The first-order chi connectivity index (χ1) is 19.5. The maximum absolute atomic E-state index is 12.5. The third kappa shape index (κ3) is 7.14. The molecule has 2 aromatic heterocycles. The lowest BCUT2D eigenvalue weighted by molar-refractivity contribution is -0.166. The van der Waals surface area contributed by atoms with Crippen LogP contribution in [-0.4, -0.2) is 68.3 Å². The summed E-state index contributed by atoms with van der Waals surface area (Å²) in [7, 11) is 0. The van der Waals surface area contributed by atoms with Gasteiger partial charge in [0, 0.05) is 26.7 Å². The lowest BCUT2D eigenvalue weighted by Gasteiger charge is -2.23. The van der Waals surface area contributed by atoms with Crippen LogP contribution in [-0.2, 0) is 44.7 Å². The highest BCUT2D eigenvalue weighted by Gasteiger charge is 2.51. The molecule has 1 aliphatic rings. The highest BCUT2D eigenvalue weighted by atomic mass is 16.7. The molecule has 1 fully saturated rings. The molecule has 0 bridgehead atoms. The van der Waals surface area contributed by atoms with Crippen molar-refractivity contribution in [2.24, 2.45) is 5.92 Å². The minimum absolute atomic E-state index is 0.0453. The topological polar surface area (TPSA) is 170 Å². The van der Waals surface area contributed by atoms with Crippen molar-refractivity contribution in [1.82, 2.24) is 19.5 Å². The summed E-state index contributed by atoms with van der Waals surface area (Å²) in [6.45, 7) is 6.95. The monoisotopic (exact) mass is 570 g/mol. The Morgan fingerprint density at radius 3 is 2.29 bits per heavy atom. The standard InChI is InChI=1S/C27H31N5O9/c1-14(2)24(36)30-27-29-23-20(25(31-27)38-11-18-9-7-6-8-10-18)28-13-32(23)26-22(40-17(5)35)21(39-16(4)34)19(41-26)12-37-15(3)33/h6-10,13-14,19,21-22,26H,11-12H2,1-5H3,(H,29,30,31,36)/t19-,21-,22-,26-/m1/s1/i31+1. The number of carbonyl (C=O) groups excluding carboxylic acids is 4. The van der Waals surface area contributed by atoms with Gasteiger partial charge in [-0.25, -0.2) is 4.98 Å². The molecule has 0 unspecified atom stereocenters. The molecule has 1 amide bonds. The lowest BCUT2D eigenvalue weighted by atomic mass is 10.1. The Morgan fingerprint density at radius 1 is 0.976 bits per heavy atom. The van der Waals surface area contributed by atoms with Crippen molar-refractivity contribution < 1.29 is 42.9 Å². The van der Waals surface area contributed by atoms with Crippen LogP contribution in [0.3, 0.4) is 0 Å². The van der Waals surface area contributed by atoms with Gasteiger partial charge >= 0.3 is 17.9 Å². The summed E-state index contributed by atoms with van der Waals surface area (Å²) in [5.74, 6) is -2.53. The summed E-state index contributed by atoms with van der Waals surface area (Å²) in [6, 6.07) is 9.39. The molecule has 0 radical (unpaired) electrons. The van der Waals surface area contributed by atoms with Crippen LogP contribution < -0.4 is 10.1 Å². The minimum Gasteiger partial charge on any atom is -0.471 e. The zero-order valence-electron chi connectivity index (χ0n) is 23.2. The van der Waals surface area contributed by atoms with Gasteiger partial charge in [-0.15, -0.1) is 0 Å². The number of ether oxygens (including phenoxy) is 5. The van der Waals surface area contributed by atoms with E-state index in [0.29, 0.717) is 0 Å². The van der Waals surface area contributed by atoms with E-state index in [1.165, 1.54) is 31.7 Å². The van der Waals surface area contributed by atoms with Gasteiger partial charge in [-0.3, -0.25) is 29.1 Å². The van der Waals surface area contributed by atoms with Crippen molar-refractivity contribution in [2.45, 2.75) is 65.8 Å². The van der Waals surface area contributed by atoms with Crippen LogP contribution in [0.25, 0.3) is 11.2 Å². The van der Waals surface area contributed by atoms with E-state index >= 15 is 0 Å². The Labute approximate surface area is 235 Å². The Kier molecular flexibility index (Phi) is 9.12. The number of hydrogen-bond acceptors (Lipinski definition) is 12. The van der Waals surface area contributed by atoms with E-state index in [2.05, 4.69) is 20.3 Å². The van der Waals surface area contributed by atoms with Gasteiger partial charge in [0.2, 0.25) is 17.7 Å². The summed E-state index contributed by atoms with van der Waals surface area (Å²) in [6.07, 6.45) is -2.99. The molecular weight excluding hydrogens is 539 g/mol. The Hall–Kier alpha value is -4.59. The number of nitrogens with zero attached hydrogens (tertiary/aromatic N) is 4. The maximum Gasteiger partial charge on any atom is 0.303 e. The fourth-order valence-electron chi connectivity index (χ4n) is 4.13. The molecule has 4 rings (SSSR count). The molecule has 1 saturated heterocycles. The molecule has 0 spiro atoms. The van der Waals surface area contributed by atoms with Gasteiger partial charge in [-0.05, 0) is 5.56 Å². The number of aromatic nitrogens is 4. The number of hydrogen-bond donors (Lipinski definition) is 1. The van der Waals surface area contributed by atoms with Gasteiger partial charge in [0.05, 0.1) is 6.33 Å². The second-order valence-corrected chi connectivity index (χ2v) is 9.61. The number of amides is 1. The summed E-state index contributed by atoms with van der Waals surface area (Å²) in [5.41, 5.74) is 1.29. The van der Waals surface area contributed by atoms with E-state index in [0.717, 1.165) is 5.56 Å². The fourth-order valence-corrected chi connectivity index (χ4v) is 4.13. The molecule has 0 saturated carbocycles. The molecule has 1 aliphatic heterocycles. The van der Waals surface area contributed by atoms with Crippen LogP contribution in [0.15, 0.2) is 36.7 Å². The molecule has 41 heavy (non-hydrogen) atoms. The molecule has 1 N–H and O–H groups in total. The van der Waals surface area contributed by atoms with Gasteiger partial charge < -0.3 is 23.7 Å². The average Bonchev–Trinajstić information content (AvgIpc) is 3.47. The number of benzene rings is 1. The average molecular weight is 571 g/mol. The predicted octanol–water partition coefficient (Wildman–Crippen LogP) is 2.32. The van der Waals surface area contributed by atoms with Crippen LogP contribution in [0.4, 0.5) is 5.95 Å². The van der Waals surface area contributed by atoms with Crippen molar-refractivity contribution in [3.63, 3.8) is 0 Å². The number of anilines is 1. The third-order valence-corrected chi connectivity index (χ3v) is 5.98. The molecule has 218 valence electrons. The number of carbonyl (C=O) groups is 4. The quantitative estimate of drug-likeness (QED) is 0.279. The Bertz CT molecular complexity index is 1430. The number of esters is 3. The van der Waals surface area contributed by atoms with Crippen molar-refractivity contribution in [2.75, 3.05) is 11.9 Å². The highest BCUT2D eigenvalue weighted by Crippen LogP contribution is 2.37. The second-order valence-electron chi connectivity index (χ2n) is 9.61. The van der Waals surface area contributed by atoms with Crippen LogP contribution in [0.1, 0.15) is 46.4 Å². The molecule has 0 aliphatic carbocycles. The molecule has 4 atom stereocenters. The molecular formula is C27H31N5O9. The van der Waals surface area contributed by atoms with Gasteiger partial charge in [-0.2, -0.15) is 9.97 Å². The van der Waals surface area contributed by atoms with E-state index in [4.69, 9.17) is 23.7 Å². The summed E-state index contributed by atoms with van der Waals surface area (Å²) >= 11 is 0. The van der Waals surface area contributed by atoms with E-state index in [1.54, 1.807) is 13.8 Å². The molecule has 1 aromatic carbocycles. The van der Waals surface area contributed by atoms with Crippen LogP contribution in [0, 0.1) is 5.92 Å². The minimum atomic E-state index is -1.16. The highest BCUT2D eigenvalue weighted by molar-refractivity contribution is 5.91. The molecule has 14 heteroatoms. The van der Waals surface area contributed by atoms with Gasteiger partial charge in [0.1, 0.15) is 19.3 Å². The molecule has 14 nitrogen and oxygen atoms in total. The van der Waals surface area contributed by atoms with E-state index < -0.39 is 42.4 Å². The Morgan fingerprint density at radius 2 is 1.66 bits per heavy atom. The van der Waals surface area contributed by atoms with E-state index in [-0.39, 0.29) is 48.0 Å². The summed E-state index contributed by atoms with van der Waals surface area (Å²) in [5, 5.41) is 2.66. The zero-order valence-corrected chi connectivity index (χ0v) is 23.2. The molecule has 3 heterocycles. The smallest absolute Gasteiger partial charge is 0.303 e. The first kappa shape index (κ1) is 29.4. The largest absolute Gasteiger partial charge is 0.471 e. The van der Waals surface area contributed by atoms with Gasteiger partial charge in [-0.1, -0.05) is 44.2 Å². The second kappa shape index (κ2) is 12.7. The van der Waals surface area contributed by atoms with Crippen LogP contribution in [0.2, 0.25) is 0 Å². The number of nitrogens with one attached hydrogen (secondary N) is 1. The van der Waals surface area contributed by atoms with E-state index in [9.17, 15) is 19.2 Å². The first-order valence-corrected chi connectivity index (χ1v) is 12.9. The van der Waals surface area contributed by atoms with Crippen molar-refractivity contribution in [1.29, 1.82) is 0 Å². The van der Waals surface area contributed by atoms with Crippen molar-refractivity contribution in [3.05, 3.63) is 42.2 Å². The normalized spacial score (nSPS) is 20.0. The SMILES string of the molecule is CC(=O)OC[C@H]1O[C@@H](n2cnc3c(OCc4ccccc4)[15n]c(NC(=O)C(C)C)nc32)[C@H](OC(C)=O)[C@@H]1OC(C)=O. The predicted molar refractivity (Wildman–Crippen MR) is 141 cm³/mol. The molecule has 3 aromatic rings. The maximum atomic E-state index is 12.5. The zero-order chi connectivity index (χ0) is 29.7. The number of fused-ring (bicyclic) bond motifs is 1. The lowest BCUT2D eigenvalue weighted by Crippen LogP contribution is -2.40. The van der Waals surface area contributed by atoms with Gasteiger partial charge in [0.15, 0.2) is 29.6 Å². The van der Waals surface area contributed by atoms with Crippen LogP contribution >= 0.6 is 0 Å². The Balaban J connectivity index is 1.77. The third-order valence-electron chi connectivity index (χ3n) is 5.98. The fraction of sp³-hybridized carbons (Fsp3) is 0.444. The van der Waals surface area contributed by atoms with Crippen LogP contribution in [0.5, 0.6) is 5.88 Å². The first-order valence-electron chi connectivity index (χ1n) is 12.9. The van der Waals surface area contributed by atoms with Crippen molar-refractivity contribution >= 4 is 40.9 Å². The van der Waals surface area contributed by atoms with Crippen molar-refractivity contribution in [3.8, 4) is 5.88 Å². The summed E-state index contributed by atoms with van der Waals surface area (Å²) in [4.78, 5) is 61.3. The number of rotatable bonds is 10. The van der Waals surface area contributed by atoms with Gasteiger partial charge in [0.25, 0.3) is 0 Å². The van der Waals surface area contributed by atoms with E-state index in [1.807, 2.05) is 30.3 Å². The number of imidazole rings is 1. The summed E-state index contributed by atoms with van der Waals surface area (Å²) < 4.78 is 29.6.